The van der Waals surface area contributed by atoms with E-state index in [4.69, 9.17) is 14.4 Å². The van der Waals surface area contributed by atoms with Gasteiger partial charge in [-0.05, 0) is 6.92 Å². The number of rotatable bonds is 5. The molecule has 8 heteroatoms. The van der Waals surface area contributed by atoms with E-state index in [0.29, 0.717) is 18.1 Å². The van der Waals surface area contributed by atoms with Gasteiger partial charge < -0.3 is 19.7 Å². The quantitative estimate of drug-likeness (QED) is 0.742. The first kappa shape index (κ1) is 13.5. The number of aliphatic carboxylic acids is 1. The predicted octanol–water partition coefficient (Wildman–Crippen LogP) is -0.474. The van der Waals surface area contributed by atoms with Gasteiger partial charge in [0.1, 0.15) is 5.92 Å². The molecule has 0 aromatic carbocycles. The number of carboxylic acid groups (broad SMARTS) is 1. The molecule has 0 bridgehead atoms. The molecular weight excluding hydrogens is 254 g/mol. The van der Waals surface area contributed by atoms with Crippen LogP contribution in [0.3, 0.4) is 0 Å². The lowest BCUT2D eigenvalue weighted by Crippen LogP contribution is -2.42. The maximum atomic E-state index is 11.7. The Labute approximate surface area is 109 Å². The first-order valence-electron chi connectivity index (χ1n) is 5.95. The predicted molar refractivity (Wildman–Crippen MR) is 61.2 cm³/mol. The first-order chi connectivity index (χ1) is 9.06. The second-order valence-corrected chi connectivity index (χ2v) is 4.39. The third-order valence-corrected chi connectivity index (χ3v) is 2.88. The monoisotopic (exact) mass is 269 g/mol. The van der Waals surface area contributed by atoms with E-state index >= 15 is 0 Å². The van der Waals surface area contributed by atoms with Gasteiger partial charge in [-0.2, -0.15) is 4.98 Å². The summed E-state index contributed by atoms with van der Waals surface area (Å²) in [6.45, 7) is 2.05. The van der Waals surface area contributed by atoms with E-state index in [2.05, 4.69) is 15.5 Å². The Morgan fingerprint density at radius 3 is 2.89 bits per heavy atom. The molecular formula is C11H15N3O5. The highest BCUT2D eigenvalue weighted by Crippen LogP contribution is 2.14. The number of carbonyl (C=O) groups is 2. The van der Waals surface area contributed by atoms with Gasteiger partial charge in [0.2, 0.25) is 11.8 Å². The fourth-order valence-corrected chi connectivity index (χ4v) is 1.88. The zero-order valence-corrected chi connectivity index (χ0v) is 10.5. The SMILES string of the molecule is Cc1noc(CCC(=O)NC2COCC2C(=O)O)n1. The van der Waals surface area contributed by atoms with E-state index in [0.717, 1.165) is 0 Å². The normalized spacial score (nSPS) is 22.4. The molecule has 2 unspecified atom stereocenters. The molecule has 2 atom stereocenters. The fourth-order valence-electron chi connectivity index (χ4n) is 1.88. The number of hydrogen-bond donors (Lipinski definition) is 2. The van der Waals surface area contributed by atoms with Crippen LogP contribution in [0.2, 0.25) is 0 Å². The Morgan fingerprint density at radius 1 is 1.47 bits per heavy atom. The molecule has 0 spiro atoms. The van der Waals surface area contributed by atoms with Gasteiger partial charge in [0.15, 0.2) is 5.82 Å². The van der Waals surface area contributed by atoms with Crippen LogP contribution in [-0.4, -0.2) is 46.4 Å². The molecule has 0 aliphatic carbocycles. The van der Waals surface area contributed by atoms with Crippen molar-refractivity contribution >= 4 is 11.9 Å². The van der Waals surface area contributed by atoms with E-state index < -0.39 is 17.9 Å². The summed E-state index contributed by atoms with van der Waals surface area (Å²) in [4.78, 5) is 26.6. The minimum absolute atomic E-state index is 0.128. The number of carboxylic acids is 1. The number of aryl methyl sites for hydroxylation is 2. The Hall–Kier alpha value is -1.96. The molecule has 8 nitrogen and oxygen atoms in total. The second-order valence-electron chi connectivity index (χ2n) is 4.39. The van der Waals surface area contributed by atoms with Gasteiger partial charge in [-0.1, -0.05) is 5.16 Å². The van der Waals surface area contributed by atoms with Crippen molar-refractivity contribution in [2.75, 3.05) is 13.2 Å². The first-order valence-corrected chi connectivity index (χ1v) is 5.95. The van der Waals surface area contributed by atoms with Crippen LogP contribution < -0.4 is 5.32 Å². The van der Waals surface area contributed by atoms with E-state index in [1.165, 1.54) is 0 Å². The number of ether oxygens (including phenoxy) is 1. The summed E-state index contributed by atoms with van der Waals surface area (Å²) in [6, 6.07) is -0.477. The number of amides is 1. The lowest BCUT2D eigenvalue weighted by Gasteiger charge is -2.15. The van der Waals surface area contributed by atoms with E-state index in [9.17, 15) is 9.59 Å². The van der Waals surface area contributed by atoms with Crippen molar-refractivity contribution in [3.63, 3.8) is 0 Å². The van der Waals surface area contributed by atoms with Crippen molar-refractivity contribution in [2.45, 2.75) is 25.8 Å². The second kappa shape index (κ2) is 5.79. The van der Waals surface area contributed by atoms with Gasteiger partial charge in [-0.3, -0.25) is 9.59 Å². The van der Waals surface area contributed by atoms with Gasteiger partial charge in [0.25, 0.3) is 0 Å². The van der Waals surface area contributed by atoms with Crippen LogP contribution >= 0.6 is 0 Å². The lowest BCUT2D eigenvalue weighted by molar-refractivity contribution is -0.142. The van der Waals surface area contributed by atoms with Crippen LogP contribution in [0.5, 0.6) is 0 Å². The van der Waals surface area contributed by atoms with Crippen molar-refractivity contribution < 1.29 is 24.0 Å². The Morgan fingerprint density at radius 2 is 2.26 bits per heavy atom. The number of carbonyl (C=O) groups excluding carboxylic acids is 1. The summed E-state index contributed by atoms with van der Waals surface area (Å²) in [5, 5.41) is 15.2. The summed E-state index contributed by atoms with van der Waals surface area (Å²) >= 11 is 0. The molecule has 2 rings (SSSR count). The summed E-state index contributed by atoms with van der Waals surface area (Å²) in [6.07, 6.45) is 0.502. The third kappa shape index (κ3) is 3.50. The fraction of sp³-hybridized carbons (Fsp3) is 0.636. The van der Waals surface area contributed by atoms with Gasteiger partial charge in [-0.25, -0.2) is 0 Å². The highest BCUT2D eigenvalue weighted by Gasteiger charge is 2.34. The van der Waals surface area contributed by atoms with Crippen molar-refractivity contribution in [1.82, 2.24) is 15.5 Å². The zero-order chi connectivity index (χ0) is 13.8. The lowest BCUT2D eigenvalue weighted by atomic mass is 10.0. The Bertz CT molecular complexity index is 473. The minimum atomic E-state index is -0.963. The van der Waals surface area contributed by atoms with Crippen molar-refractivity contribution in [3.8, 4) is 0 Å². The van der Waals surface area contributed by atoms with Crippen LogP contribution in [0.4, 0.5) is 0 Å². The van der Waals surface area contributed by atoms with Gasteiger partial charge in [-0.15, -0.1) is 0 Å². The molecule has 1 aromatic rings. The summed E-state index contributed by atoms with van der Waals surface area (Å²) < 4.78 is 9.95. The van der Waals surface area contributed by atoms with Crippen molar-refractivity contribution in [1.29, 1.82) is 0 Å². The molecule has 0 saturated carbocycles. The third-order valence-electron chi connectivity index (χ3n) is 2.88. The molecule has 1 aromatic heterocycles. The smallest absolute Gasteiger partial charge is 0.311 e. The average molecular weight is 269 g/mol. The zero-order valence-electron chi connectivity index (χ0n) is 10.5. The molecule has 19 heavy (non-hydrogen) atoms. The van der Waals surface area contributed by atoms with E-state index in [-0.39, 0.29) is 25.5 Å². The number of hydrogen-bond acceptors (Lipinski definition) is 6. The average Bonchev–Trinajstić information content (AvgIpc) is 2.95. The summed E-state index contributed by atoms with van der Waals surface area (Å²) in [5.41, 5.74) is 0. The largest absolute Gasteiger partial charge is 0.481 e. The summed E-state index contributed by atoms with van der Waals surface area (Å²) in [7, 11) is 0. The van der Waals surface area contributed by atoms with Gasteiger partial charge in [0.05, 0.1) is 19.3 Å². The minimum Gasteiger partial charge on any atom is -0.481 e. The highest BCUT2D eigenvalue weighted by atomic mass is 16.5. The van der Waals surface area contributed by atoms with E-state index in [1.54, 1.807) is 6.92 Å². The van der Waals surface area contributed by atoms with Crippen LogP contribution in [0.15, 0.2) is 4.52 Å². The van der Waals surface area contributed by atoms with Crippen LogP contribution in [-0.2, 0) is 20.7 Å². The van der Waals surface area contributed by atoms with Crippen LogP contribution in [0.1, 0.15) is 18.1 Å². The van der Waals surface area contributed by atoms with Gasteiger partial charge >= 0.3 is 5.97 Å². The highest BCUT2D eigenvalue weighted by molar-refractivity contribution is 5.78. The standard InChI is InChI=1S/C11H15N3O5/c1-6-12-10(19-14-6)3-2-9(15)13-8-5-18-4-7(8)11(16)17/h7-8H,2-5H2,1H3,(H,13,15)(H,16,17). The molecule has 1 aliphatic rings. The van der Waals surface area contributed by atoms with Crippen LogP contribution in [0, 0.1) is 12.8 Å². The Kier molecular flexibility index (Phi) is 4.10. The molecule has 104 valence electrons. The van der Waals surface area contributed by atoms with Crippen LogP contribution in [0.25, 0.3) is 0 Å². The molecule has 2 N–H and O–H groups in total. The van der Waals surface area contributed by atoms with Gasteiger partial charge in [0, 0.05) is 12.8 Å². The topological polar surface area (TPSA) is 115 Å². The Balaban J connectivity index is 1.79. The molecule has 1 aliphatic heterocycles. The maximum absolute atomic E-state index is 11.7. The van der Waals surface area contributed by atoms with E-state index in [1.807, 2.05) is 0 Å². The van der Waals surface area contributed by atoms with Crippen molar-refractivity contribution in [2.24, 2.45) is 5.92 Å². The molecule has 1 amide bonds. The maximum Gasteiger partial charge on any atom is 0.311 e. The molecule has 1 saturated heterocycles. The molecule has 1 fully saturated rings. The molecule has 2 heterocycles. The number of nitrogens with one attached hydrogen (secondary N) is 1. The number of aromatic nitrogens is 2. The number of nitrogens with zero attached hydrogens (tertiary/aromatic N) is 2. The summed E-state index contributed by atoms with van der Waals surface area (Å²) in [5.74, 6) is -0.988. The van der Waals surface area contributed by atoms with Crippen molar-refractivity contribution in [3.05, 3.63) is 11.7 Å². The molecule has 0 radical (unpaired) electrons.